The average Bonchev–Trinajstić information content (AvgIpc) is 2.57. The fourth-order valence-corrected chi connectivity index (χ4v) is 2.99. The van der Waals surface area contributed by atoms with Gasteiger partial charge in [0.25, 0.3) is 0 Å². The number of rotatable bonds is 11. The van der Waals surface area contributed by atoms with Crippen molar-refractivity contribution in [2.75, 3.05) is 37.8 Å². The monoisotopic (exact) mass is 383 g/mol. The van der Waals surface area contributed by atoms with Gasteiger partial charge in [-0.15, -0.1) is 0 Å². The number of aliphatic hydroxyl groups is 1. The van der Waals surface area contributed by atoms with Crippen molar-refractivity contribution in [1.29, 1.82) is 0 Å². The molecule has 1 aromatic carbocycles. The second kappa shape index (κ2) is 12.1. The molecule has 0 atom stereocenters. The van der Waals surface area contributed by atoms with Crippen molar-refractivity contribution in [1.82, 2.24) is 4.90 Å². The smallest absolute Gasteiger partial charge is 0.410 e. The summed E-state index contributed by atoms with van der Waals surface area (Å²) in [6.07, 6.45) is 1.39. The largest absolute Gasteiger partial charge is 0.494 e. The molecule has 0 fully saturated rings. The summed E-state index contributed by atoms with van der Waals surface area (Å²) in [6, 6.07) is 8.00. The third kappa shape index (κ3) is 9.92. The molecular weight excluding hydrogens is 350 g/mol. The zero-order valence-electron chi connectivity index (χ0n) is 16.5. The number of thioether (sulfide) groups is 1. The van der Waals surface area contributed by atoms with Crippen LogP contribution in [0.25, 0.3) is 0 Å². The van der Waals surface area contributed by atoms with E-state index in [-0.39, 0.29) is 12.7 Å². The number of aliphatic hydroxyl groups excluding tert-OH is 1. The van der Waals surface area contributed by atoms with E-state index < -0.39 is 5.60 Å². The van der Waals surface area contributed by atoms with Gasteiger partial charge in [0.15, 0.2) is 0 Å². The van der Waals surface area contributed by atoms with E-state index in [0.717, 1.165) is 35.7 Å². The summed E-state index contributed by atoms with van der Waals surface area (Å²) in [5.41, 5.74) is 0.664. The number of nitrogens with zero attached hydrogens (tertiary/aromatic N) is 1. The molecule has 0 heterocycles. The number of carbonyl (C=O) groups is 1. The van der Waals surface area contributed by atoms with Gasteiger partial charge in [-0.1, -0.05) is 12.1 Å². The Hall–Kier alpha value is -1.40. The highest BCUT2D eigenvalue weighted by atomic mass is 32.2. The van der Waals surface area contributed by atoms with E-state index in [1.807, 2.05) is 52.0 Å². The fraction of sp³-hybridized carbons (Fsp3) is 0.650. The van der Waals surface area contributed by atoms with Crippen LogP contribution in [0.5, 0.6) is 5.75 Å². The number of hydrogen-bond donors (Lipinski definition) is 1. The van der Waals surface area contributed by atoms with E-state index >= 15 is 0 Å². The molecule has 0 aliphatic heterocycles. The predicted octanol–water partition coefficient (Wildman–Crippen LogP) is 3.98. The molecule has 0 unspecified atom stereocenters. The van der Waals surface area contributed by atoms with Crippen LogP contribution in [-0.4, -0.2) is 59.5 Å². The first-order valence-corrected chi connectivity index (χ1v) is 10.4. The molecule has 0 aromatic heterocycles. The van der Waals surface area contributed by atoms with Gasteiger partial charge in [0.05, 0.1) is 13.2 Å². The van der Waals surface area contributed by atoms with E-state index in [9.17, 15) is 4.79 Å². The summed E-state index contributed by atoms with van der Waals surface area (Å²) in [4.78, 5) is 14.3. The van der Waals surface area contributed by atoms with E-state index in [1.165, 1.54) is 0 Å². The quantitative estimate of drug-likeness (QED) is 0.586. The molecule has 1 amide bonds. The molecule has 1 N–H and O–H groups in total. The third-order valence-corrected chi connectivity index (χ3v) is 4.56. The molecule has 148 valence electrons. The normalized spacial score (nSPS) is 11.3. The standard InChI is InChI=1S/C20H33NO4S/c1-5-24-18-9-7-17(8-10-18)11-13-21(12-6-15-26-16-14-22)19(23)25-20(2,3)4/h7-10,22H,5-6,11-16H2,1-4H3. The SMILES string of the molecule is CCOc1ccc(CCN(CCCSCCO)C(=O)OC(C)(C)C)cc1. The van der Waals surface area contributed by atoms with Gasteiger partial charge in [0.2, 0.25) is 0 Å². The summed E-state index contributed by atoms with van der Waals surface area (Å²) in [5, 5.41) is 8.84. The van der Waals surface area contributed by atoms with Crippen LogP contribution in [0.2, 0.25) is 0 Å². The summed E-state index contributed by atoms with van der Waals surface area (Å²) >= 11 is 1.70. The van der Waals surface area contributed by atoms with Crippen LogP contribution in [0.4, 0.5) is 4.79 Å². The Morgan fingerprint density at radius 1 is 1.15 bits per heavy atom. The zero-order chi connectivity index (χ0) is 19.4. The number of ether oxygens (including phenoxy) is 2. The highest BCUT2D eigenvalue weighted by molar-refractivity contribution is 7.99. The summed E-state index contributed by atoms with van der Waals surface area (Å²) < 4.78 is 11.0. The minimum Gasteiger partial charge on any atom is -0.494 e. The lowest BCUT2D eigenvalue weighted by molar-refractivity contribution is 0.0252. The Morgan fingerprint density at radius 3 is 2.42 bits per heavy atom. The molecule has 0 aliphatic carbocycles. The van der Waals surface area contributed by atoms with E-state index in [4.69, 9.17) is 14.6 Å². The first-order valence-electron chi connectivity index (χ1n) is 9.24. The Labute approximate surface area is 162 Å². The van der Waals surface area contributed by atoms with Crippen LogP contribution in [0.1, 0.15) is 39.7 Å². The van der Waals surface area contributed by atoms with Gasteiger partial charge in [-0.2, -0.15) is 11.8 Å². The van der Waals surface area contributed by atoms with Crippen LogP contribution in [0.3, 0.4) is 0 Å². The van der Waals surface area contributed by atoms with Gasteiger partial charge in [-0.3, -0.25) is 0 Å². The Balaban J connectivity index is 2.57. The topological polar surface area (TPSA) is 59.0 Å². The molecular formula is C20H33NO4S. The highest BCUT2D eigenvalue weighted by Crippen LogP contribution is 2.15. The third-order valence-electron chi connectivity index (χ3n) is 3.51. The Kier molecular flexibility index (Phi) is 10.5. The second-order valence-corrected chi connectivity index (χ2v) is 8.21. The number of benzene rings is 1. The molecule has 0 bridgehead atoms. The van der Waals surface area contributed by atoms with Crippen LogP contribution in [0.15, 0.2) is 24.3 Å². The minimum absolute atomic E-state index is 0.193. The first kappa shape index (κ1) is 22.6. The molecule has 6 heteroatoms. The highest BCUT2D eigenvalue weighted by Gasteiger charge is 2.21. The van der Waals surface area contributed by atoms with Gasteiger partial charge < -0.3 is 19.5 Å². The van der Waals surface area contributed by atoms with Gasteiger partial charge in [-0.25, -0.2) is 4.79 Å². The molecule has 0 spiro atoms. The lowest BCUT2D eigenvalue weighted by Gasteiger charge is -2.27. The molecule has 26 heavy (non-hydrogen) atoms. The molecule has 5 nitrogen and oxygen atoms in total. The average molecular weight is 384 g/mol. The lowest BCUT2D eigenvalue weighted by Crippen LogP contribution is -2.38. The van der Waals surface area contributed by atoms with Gasteiger partial charge in [-0.05, 0) is 64.0 Å². The van der Waals surface area contributed by atoms with Crippen LogP contribution in [-0.2, 0) is 11.2 Å². The number of hydrogen-bond acceptors (Lipinski definition) is 5. The molecule has 1 rings (SSSR count). The van der Waals surface area contributed by atoms with Crippen LogP contribution >= 0.6 is 11.8 Å². The van der Waals surface area contributed by atoms with Crippen molar-refractivity contribution < 1.29 is 19.4 Å². The molecule has 0 radical (unpaired) electrons. The zero-order valence-corrected chi connectivity index (χ0v) is 17.3. The van der Waals surface area contributed by atoms with E-state index in [0.29, 0.717) is 19.7 Å². The molecule has 0 saturated carbocycles. The number of carbonyl (C=O) groups excluding carboxylic acids is 1. The van der Waals surface area contributed by atoms with Crippen molar-refractivity contribution in [2.24, 2.45) is 0 Å². The number of amides is 1. The maximum atomic E-state index is 12.5. The van der Waals surface area contributed by atoms with Gasteiger partial charge in [0, 0.05) is 18.8 Å². The Bertz CT molecular complexity index is 514. The maximum Gasteiger partial charge on any atom is 0.410 e. The first-order chi connectivity index (χ1) is 12.4. The minimum atomic E-state index is -0.500. The summed E-state index contributed by atoms with van der Waals surface area (Å²) in [6.45, 7) is 9.73. The van der Waals surface area contributed by atoms with Crippen molar-refractivity contribution in [3.05, 3.63) is 29.8 Å². The predicted molar refractivity (Wildman–Crippen MR) is 108 cm³/mol. The van der Waals surface area contributed by atoms with Gasteiger partial charge >= 0.3 is 6.09 Å². The van der Waals surface area contributed by atoms with Gasteiger partial charge in [0.1, 0.15) is 11.4 Å². The second-order valence-electron chi connectivity index (χ2n) is 6.98. The van der Waals surface area contributed by atoms with Crippen molar-refractivity contribution in [2.45, 2.75) is 46.1 Å². The van der Waals surface area contributed by atoms with E-state index in [1.54, 1.807) is 16.7 Å². The molecule has 0 aliphatic rings. The fourth-order valence-electron chi connectivity index (χ4n) is 2.33. The van der Waals surface area contributed by atoms with Crippen molar-refractivity contribution in [3.8, 4) is 5.75 Å². The summed E-state index contributed by atoms with van der Waals surface area (Å²) in [5.74, 6) is 2.52. The Morgan fingerprint density at radius 2 is 1.85 bits per heavy atom. The molecule has 0 saturated heterocycles. The van der Waals surface area contributed by atoms with Crippen LogP contribution < -0.4 is 4.74 Å². The van der Waals surface area contributed by atoms with E-state index in [2.05, 4.69) is 0 Å². The summed E-state index contributed by atoms with van der Waals surface area (Å²) in [7, 11) is 0. The van der Waals surface area contributed by atoms with Crippen molar-refractivity contribution >= 4 is 17.9 Å². The molecule has 1 aromatic rings. The van der Waals surface area contributed by atoms with Crippen molar-refractivity contribution in [3.63, 3.8) is 0 Å². The maximum absolute atomic E-state index is 12.5. The lowest BCUT2D eigenvalue weighted by atomic mass is 10.1. The van der Waals surface area contributed by atoms with Crippen LogP contribution in [0, 0.1) is 0 Å².